The van der Waals surface area contributed by atoms with E-state index in [0.717, 1.165) is 31.6 Å². The van der Waals surface area contributed by atoms with Crippen molar-refractivity contribution in [1.29, 1.82) is 0 Å². The van der Waals surface area contributed by atoms with Crippen molar-refractivity contribution in [2.45, 2.75) is 45.6 Å². The summed E-state index contributed by atoms with van der Waals surface area (Å²) in [5.74, 6) is -0.164. The monoisotopic (exact) mass is 290 g/mol. The van der Waals surface area contributed by atoms with Crippen molar-refractivity contribution in [3.8, 4) is 0 Å². The Labute approximate surface area is 127 Å². The Hall–Kier alpha value is -1.71. The van der Waals surface area contributed by atoms with Gasteiger partial charge in [-0.3, -0.25) is 0 Å². The number of anilines is 2. The second kappa shape index (κ2) is 7.91. The lowest BCUT2D eigenvalue weighted by Crippen LogP contribution is -2.31. The molecule has 1 aromatic rings. The Morgan fingerprint density at radius 1 is 1.24 bits per heavy atom. The fraction of sp³-hybridized carbons (Fsp3) is 0.588. The predicted molar refractivity (Wildman–Crippen MR) is 86.8 cm³/mol. The van der Waals surface area contributed by atoms with Crippen LogP contribution in [0.2, 0.25) is 0 Å². The number of hydrogen-bond acceptors (Lipinski definition) is 4. The summed E-state index contributed by atoms with van der Waals surface area (Å²) < 4.78 is 5.12. The van der Waals surface area contributed by atoms with Crippen LogP contribution in [-0.4, -0.2) is 31.7 Å². The van der Waals surface area contributed by atoms with E-state index in [-0.39, 0.29) is 12.0 Å². The first-order valence-electron chi connectivity index (χ1n) is 8.02. The van der Waals surface area contributed by atoms with Crippen LogP contribution in [0.4, 0.5) is 11.4 Å². The molecule has 1 heterocycles. The van der Waals surface area contributed by atoms with Crippen LogP contribution in [0.3, 0.4) is 0 Å². The molecule has 1 atom stereocenters. The molecule has 0 saturated carbocycles. The highest BCUT2D eigenvalue weighted by atomic mass is 16.5. The van der Waals surface area contributed by atoms with Crippen LogP contribution < -0.4 is 10.2 Å². The van der Waals surface area contributed by atoms with Crippen LogP contribution in [0.25, 0.3) is 0 Å². The molecule has 1 N–H and O–H groups in total. The van der Waals surface area contributed by atoms with Crippen LogP contribution >= 0.6 is 0 Å². The summed E-state index contributed by atoms with van der Waals surface area (Å²) in [6.45, 7) is 6.63. The highest BCUT2D eigenvalue weighted by Gasteiger charge is 2.18. The molecule has 0 bridgehead atoms. The van der Waals surface area contributed by atoms with Gasteiger partial charge in [0.15, 0.2) is 0 Å². The van der Waals surface area contributed by atoms with Gasteiger partial charge in [-0.15, -0.1) is 0 Å². The largest absolute Gasteiger partial charge is 0.464 e. The molecule has 0 aliphatic carbocycles. The van der Waals surface area contributed by atoms with Gasteiger partial charge in [0, 0.05) is 24.5 Å². The molecule has 0 aromatic heterocycles. The number of rotatable bonds is 7. The molecular weight excluding hydrogens is 264 g/mol. The lowest BCUT2D eigenvalue weighted by molar-refractivity contribution is -0.144. The third-order valence-electron chi connectivity index (χ3n) is 3.83. The van der Waals surface area contributed by atoms with Gasteiger partial charge in [-0.05, 0) is 50.5 Å². The molecule has 116 valence electrons. The Morgan fingerprint density at radius 2 is 1.90 bits per heavy atom. The maximum absolute atomic E-state index is 11.9. The highest BCUT2D eigenvalue weighted by molar-refractivity contribution is 5.79. The molecule has 1 unspecified atom stereocenters. The van der Waals surface area contributed by atoms with Gasteiger partial charge in [0.25, 0.3) is 0 Å². The zero-order chi connectivity index (χ0) is 15.1. The van der Waals surface area contributed by atoms with E-state index < -0.39 is 0 Å². The van der Waals surface area contributed by atoms with Gasteiger partial charge >= 0.3 is 5.97 Å². The Bertz CT molecular complexity index is 439. The van der Waals surface area contributed by atoms with Gasteiger partial charge in [-0.2, -0.15) is 0 Å². The van der Waals surface area contributed by atoms with Crippen LogP contribution in [0.5, 0.6) is 0 Å². The fourth-order valence-corrected chi connectivity index (χ4v) is 2.73. The first-order valence-corrected chi connectivity index (χ1v) is 8.02. The van der Waals surface area contributed by atoms with E-state index in [1.54, 1.807) is 0 Å². The number of carbonyl (C=O) groups is 1. The van der Waals surface area contributed by atoms with Gasteiger partial charge in [-0.1, -0.05) is 13.3 Å². The second-order valence-corrected chi connectivity index (χ2v) is 5.48. The van der Waals surface area contributed by atoms with E-state index in [9.17, 15) is 4.79 Å². The first-order chi connectivity index (χ1) is 10.2. The van der Waals surface area contributed by atoms with Crippen molar-refractivity contribution in [3.63, 3.8) is 0 Å². The van der Waals surface area contributed by atoms with E-state index in [0.29, 0.717) is 6.61 Å². The maximum Gasteiger partial charge on any atom is 0.328 e. The van der Waals surface area contributed by atoms with Crippen LogP contribution in [0.1, 0.15) is 39.5 Å². The average molecular weight is 290 g/mol. The molecule has 1 saturated heterocycles. The molecule has 1 aromatic carbocycles. The molecule has 4 heteroatoms. The summed E-state index contributed by atoms with van der Waals surface area (Å²) in [6, 6.07) is 8.10. The smallest absolute Gasteiger partial charge is 0.328 e. The Balaban J connectivity index is 1.97. The lowest BCUT2D eigenvalue weighted by atomic mass is 10.1. The zero-order valence-corrected chi connectivity index (χ0v) is 13.1. The predicted octanol–water partition coefficient (Wildman–Crippen LogP) is 3.43. The number of benzene rings is 1. The van der Waals surface area contributed by atoms with Crippen molar-refractivity contribution < 1.29 is 9.53 Å². The molecule has 1 aliphatic rings. The van der Waals surface area contributed by atoms with E-state index in [2.05, 4.69) is 41.4 Å². The summed E-state index contributed by atoms with van der Waals surface area (Å²) in [5, 5.41) is 3.29. The van der Waals surface area contributed by atoms with Gasteiger partial charge < -0.3 is 15.0 Å². The third-order valence-corrected chi connectivity index (χ3v) is 3.83. The maximum atomic E-state index is 11.9. The van der Waals surface area contributed by atoms with Crippen molar-refractivity contribution in [1.82, 2.24) is 0 Å². The minimum absolute atomic E-state index is 0.164. The second-order valence-electron chi connectivity index (χ2n) is 5.48. The zero-order valence-electron chi connectivity index (χ0n) is 13.1. The summed E-state index contributed by atoms with van der Waals surface area (Å²) >= 11 is 0. The van der Waals surface area contributed by atoms with Gasteiger partial charge in [0.1, 0.15) is 6.04 Å². The normalized spacial score (nSPS) is 15.8. The quantitative estimate of drug-likeness (QED) is 0.781. The minimum atomic E-state index is -0.257. The molecular formula is C17H26N2O2. The lowest BCUT2D eigenvalue weighted by Gasteiger charge is -2.20. The number of esters is 1. The van der Waals surface area contributed by atoms with E-state index >= 15 is 0 Å². The van der Waals surface area contributed by atoms with Crippen LogP contribution in [-0.2, 0) is 9.53 Å². The van der Waals surface area contributed by atoms with Crippen molar-refractivity contribution in [2.24, 2.45) is 0 Å². The fourth-order valence-electron chi connectivity index (χ4n) is 2.73. The summed E-state index contributed by atoms with van der Waals surface area (Å²) in [7, 11) is 0. The Kier molecular flexibility index (Phi) is 5.90. The molecule has 4 nitrogen and oxygen atoms in total. The molecule has 0 radical (unpaired) electrons. The Morgan fingerprint density at radius 3 is 2.48 bits per heavy atom. The number of hydrogen-bond donors (Lipinski definition) is 1. The summed E-state index contributed by atoms with van der Waals surface area (Å²) in [4.78, 5) is 14.3. The minimum Gasteiger partial charge on any atom is -0.464 e. The number of nitrogens with zero attached hydrogens (tertiary/aromatic N) is 1. The number of carbonyl (C=O) groups excluding carboxylic acids is 1. The summed E-state index contributed by atoms with van der Waals surface area (Å²) in [5.41, 5.74) is 2.24. The molecule has 1 fully saturated rings. The van der Waals surface area contributed by atoms with Crippen LogP contribution in [0, 0.1) is 0 Å². The van der Waals surface area contributed by atoms with E-state index in [1.807, 2.05) is 6.92 Å². The molecule has 0 spiro atoms. The van der Waals surface area contributed by atoms with Crippen molar-refractivity contribution in [3.05, 3.63) is 24.3 Å². The van der Waals surface area contributed by atoms with Crippen LogP contribution in [0.15, 0.2) is 24.3 Å². The van der Waals surface area contributed by atoms with E-state index in [1.165, 1.54) is 18.5 Å². The van der Waals surface area contributed by atoms with Crippen molar-refractivity contribution >= 4 is 17.3 Å². The number of nitrogens with one attached hydrogen (secondary N) is 1. The highest BCUT2D eigenvalue weighted by Crippen LogP contribution is 2.22. The van der Waals surface area contributed by atoms with Gasteiger partial charge in [-0.25, -0.2) is 4.79 Å². The van der Waals surface area contributed by atoms with E-state index in [4.69, 9.17) is 4.74 Å². The summed E-state index contributed by atoms with van der Waals surface area (Å²) in [6.07, 6.45) is 4.29. The SMILES string of the molecule is CCCC(Nc1ccc(N2CCCC2)cc1)C(=O)OCC. The van der Waals surface area contributed by atoms with Crippen molar-refractivity contribution in [2.75, 3.05) is 29.9 Å². The van der Waals surface area contributed by atoms with Gasteiger partial charge in [0.2, 0.25) is 0 Å². The molecule has 2 rings (SSSR count). The third kappa shape index (κ3) is 4.38. The average Bonchev–Trinajstić information content (AvgIpc) is 3.02. The topological polar surface area (TPSA) is 41.6 Å². The molecule has 1 aliphatic heterocycles. The molecule has 21 heavy (non-hydrogen) atoms. The van der Waals surface area contributed by atoms with Gasteiger partial charge in [0.05, 0.1) is 6.61 Å². The first kappa shape index (κ1) is 15.7. The number of ether oxygens (including phenoxy) is 1. The standard InChI is InChI=1S/C17H26N2O2/c1-3-7-16(17(20)21-4-2)18-14-8-10-15(11-9-14)19-12-5-6-13-19/h8-11,16,18H,3-7,12-13H2,1-2H3. The molecule has 0 amide bonds.